The van der Waals surface area contributed by atoms with E-state index in [-0.39, 0.29) is 18.3 Å². The Morgan fingerprint density at radius 3 is 2.86 bits per heavy atom. The van der Waals surface area contributed by atoms with E-state index >= 15 is 0 Å². The molecule has 0 aliphatic rings. The number of carbonyl (C=O) groups excluding carboxylic acids is 1. The van der Waals surface area contributed by atoms with E-state index in [1.165, 1.54) is 13.2 Å². The van der Waals surface area contributed by atoms with Crippen molar-refractivity contribution in [2.24, 2.45) is 0 Å². The fourth-order valence-electron chi connectivity index (χ4n) is 1.91. The van der Waals surface area contributed by atoms with Gasteiger partial charge in [-0.25, -0.2) is 4.39 Å². The molecule has 6 heteroatoms. The SMILES string of the molecule is COc1c(N)cccc1C(=O)NCc1cc(Br)ccc1F. The maximum absolute atomic E-state index is 13.6. The van der Waals surface area contributed by atoms with Gasteiger partial charge in [0, 0.05) is 16.6 Å². The van der Waals surface area contributed by atoms with Crippen molar-refractivity contribution in [2.45, 2.75) is 6.54 Å². The van der Waals surface area contributed by atoms with Gasteiger partial charge in [0.2, 0.25) is 0 Å². The predicted molar refractivity (Wildman–Crippen MR) is 82.7 cm³/mol. The van der Waals surface area contributed by atoms with Gasteiger partial charge in [0.15, 0.2) is 5.75 Å². The number of nitrogens with one attached hydrogen (secondary N) is 1. The lowest BCUT2D eigenvalue weighted by Gasteiger charge is -2.11. The summed E-state index contributed by atoms with van der Waals surface area (Å²) >= 11 is 3.26. The molecule has 0 heterocycles. The van der Waals surface area contributed by atoms with Gasteiger partial charge in [-0.1, -0.05) is 22.0 Å². The minimum absolute atomic E-state index is 0.0715. The predicted octanol–water partition coefficient (Wildman–Crippen LogP) is 3.11. The summed E-state index contributed by atoms with van der Waals surface area (Å²) in [4.78, 5) is 12.2. The zero-order chi connectivity index (χ0) is 15.4. The highest BCUT2D eigenvalue weighted by molar-refractivity contribution is 9.10. The number of ether oxygens (including phenoxy) is 1. The summed E-state index contributed by atoms with van der Waals surface area (Å²) in [6, 6.07) is 9.46. The summed E-state index contributed by atoms with van der Waals surface area (Å²) in [5, 5.41) is 2.65. The van der Waals surface area contributed by atoms with E-state index in [1.54, 1.807) is 30.3 Å². The summed E-state index contributed by atoms with van der Waals surface area (Å²) in [6.07, 6.45) is 0. The van der Waals surface area contributed by atoms with Crippen molar-refractivity contribution in [3.8, 4) is 5.75 Å². The van der Waals surface area contributed by atoms with Crippen LogP contribution in [-0.2, 0) is 6.54 Å². The van der Waals surface area contributed by atoms with Gasteiger partial charge >= 0.3 is 0 Å². The normalized spacial score (nSPS) is 10.2. The summed E-state index contributed by atoms with van der Waals surface area (Å²) < 4.78 is 19.5. The van der Waals surface area contributed by atoms with E-state index in [1.807, 2.05) is 0 Å². The van der Waals surface area contributed by atoms with E-state index < -0.39 is 0 Å². The molecule has 0 radical (unpaired) electrons. The first-order valence-corrected chi connectivity index (χ1v) is 6.97. The molecule has 0 aromatic heterocycles. The molecule has 3 N–H and O–H groups in total. The lowest BCUT2D eigenvalue weighted by atomic mass is 10.1. The molecule has 2 aromatic rings. The van der Waals surface area contributed by atoms with Crippen LogP contribution in [0.5, 0.6) is 5.75 Å². The summed E-state index contributed by atoms with van der Waals surface area (Å²) in [5.41, 5.74) is 6.83. The van der Waals surface area contributed by atoms with Gasteiger partial charge < -0.3 is 15.8 Å². The molecule has 0 bridgehead atoms. The number of halogens is 2. The third-order valence-electron chi connectivity index (χ3n) is 2.94. The number of nitrogen functional groups attached to an aromatic ring is 1. The topological polar surface area (TPSA) is 64.3 Å². The average molecular weight is 353 g/mol. The lowest BCUT2D eigenvalue weighted by molar-refractivity contribution is 0.0947. The van der Waals surface area contributed by atoms with Crippen molar-refractivity contribution in [3.05, 3.63) is 57.8 Å². The van der Waals surface area contributed by atoms with Crippen molar-refractivity contribution in [2.75, 3.05) is 12.8 Å². The lowest BCUT2D eigenvalue weighted by Crippen LogP contribution is -2.24. The quantitative estimate of drug-likeness (QED) is 0.831. The van der Waals surface area contributed by atoms with Crippen LogP contribution in [0.25, 0.3) is 0 Å². The third-order valence-corrected chi connectivity index (χ3v) is 3.43. The summed E-state index contributed by atoms with van der Waals surface area (Å²) in [5.74, 6) is -0.443. The van der Waals surface area contributed by atoms with Crippen LogP contribution in [0.15, 0.2) is 40.9 Å². The van der Waals surface area contributed by atoms with Crippen LogP contribution in [0.4, 0.5) is 10.1 Å². The fraction of sp³-hybridized carbons (Fsp3) is 0.133. The Kier molecular flexibility index (Phi) is 4.80. The van der Waals surface area contributed by atoms with E-state index in [4.69, 9.17) is 10.5 Å². The zero-order valence-corrected chi connectivity index (χ0v) is 12.9. The van der Waals surface area contributed by atoms with Crippen LogP contribution in [0, 0.1) is 5.82 Å². The number of anilines is 1. The van der Waals surface area contributed by atoms with Crippen LogP contribution >= 0.6 is 15.9 Å². The van der Waals surface area contributed by atoms with Crippen LogP contribution < -0.4 is 15.8 Å². The number of hydrogen-bond acceptors (Lipinski definition) is 3. The second kappa shape index (κ2) is 6.58. The Morgan fingerprint density at radius 1 is 1.38 bits per heavy atom. The number of rotatable bonds is 4. The molecule has 110 valence electrons. The number of hydrogen-bond donors (Lipinski definition) is 2. The van der Waals surface area contributed by atoms with Crippen molar-refractivity contribution in [1.82, 2.24) is 5.32 Å². The first kappa shape index (κ1) is 15.3. The number of benzene rings is 2. The first-order valence-electron chi connectivity index (χ1n) is 6.17. The highest BCUT2D eigenvalue weighted by Gasteiger charge is 2.14. The molecular weight excluding hydrogens is 339 g/mol. The maximum Gasteiger partial charge on any atom is 0.255 e. The molecule has 2 rings (SSSR count). The molecule has 0 saturated carbocycles. The molecule has 0 spiro atoms. The van der Waals surface area contributed by atoms with Crippen molar-refractivity contribution in [3.63, 3.8) is 0 Å². The molecule has 0 aliphatic heterocycles. The molecular formula is C15H14BrFN2O2. The monoisotopic (exact) mass is 352 g/mol. The van der Waals surface area contributed by atoms with E-state index in [9.17, 15) is 9.18 Å². The smallest absolute Gasteiger partial charge is 0.255 e. The second-order valence-corrected chi connectivity index (χ2v) is 5.26. The number of methoxy groups -OCH3 is 1. The minimum Gasteiger partial charge on any atom is -0.494 e. The van der Waals surface area contributed by atoms with Crippen molar-refractivity contribution < 1.29 is 13.9 Å². The summed E-state index contributed by atoms with van der Waals surface area (Å²) in [6.45, 7) is 0.0715. The number of nitrogens with two attached hydrogens (primary N) is 1. The Labute approximate surface area is 130 Å². The molecule has 1 amide bonds. The van der Waals surface area contributed by atoms with Gasteiger partial charge in [0.1, 0.15) is 5.82 Å². The highest BCUT2D eigenvalue weighted by Crippen LogP contribution is 2.25. The molecule has 0 saturated heterocycles. The summed E-state index contributed by atoms with van der Waals surface area (Å²) in [7, 11) is 1.44. The Hall–Kier alpha value is -2.08. The van der Waals surface area contributed by atoms with Crippen molar-refractivity contribution in [1.29, 1.82) is 0 Å². The minimum atomic E-state index is -0.377. The van der Waals surface area contributed by atoms with Gasteiger partial charge in [-0.15, -0.1) is 0 Å². The molecule has 0 unspecified atom stereocenters. The molecule has 0 fully saturated rings. The zero-order valence-electron chi connectivity index (χ0n) is 11.3. The number of para-hydroxylation sites is 1. The molecule has 21 heavy (non-hydrogen) atoms. The van der Waals surface area contributed by atoms with Crippen LogP contribution in [-0.4, -0.2) is 13.0 Å². The van der Waals surface area contributed by atoms with E-state index in [0.717, 1.165) is 4.47 Å². The maximum atomic E-state index is 13.6. The first-order chi connectivity index (χ1) is 10.0. The van der Waals surface area contributed by atoms with E-state index in [0.29, 0.717) is 22.6 Å². The van der Waals surface area contributed by atoms with Gasteiger partial charge in [-0.2, -0.15) is 0 Å². The van der Waals surface area contributed by atoms with Crippen LogP contribution in [0.1, 0.15) is 15.9 Å². The number of amides is 1. The van der Waals surface area contributed by atoms with Gasteiger partial charge in [-0.05, 0) is 30.3 Å². The fourth-order valence-corrected chi connectivity index (χ4v) is 2.32. The Bertz CT molecular complexity index is 677. The average Bonchev–Trinajstić information content (AvgIpc) is 2.47. The largest absolute Gasteiger partial charge is 0.494 e. The molecule has 4 nitrogen and oxygen atoms in total. The standard InChI is InChI=1S/C15H14BrFN2O2/c1-21-14-11(3-2-4-13(14)18)15(20)19-8-9-7-10(16)5-6-12(9)17/h2-7H,8,18H2,1H3,(H,19,20). The van der Waals surface area contributed by atoms with E-state index in [2.05, 4.69) is 21.2 Å². The second-order valence-electron chi connectivity index (χ2n) is 4.35. The Balaban J connectivity index is 2.16. The third kappa shape index (κ3) is 3.52. The Morgan fingerprint density at radius 2 is 2.14 bits per heavy atom. The van der Waals surface area contributed by atoms with Crippen LogP contribution in [0.3, 0.4) is 0 Å². The van der Waals surface area contributed by atoms with Gasteiger partial charge in [0.25, 0.3) is 5.91 Å². The molecule has 2 aromatic carbocycles. The van der Waals surface area contributed by atoms with Crippen LogP contribution in [0.2, 0.25) is 0 Å². The number of carbonyl (C=O) groups is 1. The van der Waals surface area contributed by atoms with Crippen molar-refractivity contribution >= 4 is 27.5 Å². The molecule has 0 atom stereocenters. The van der Waals surface area contributed by atoms with Gasteiger partial charge in [-0.3, -0.25) is 4.79 Å². The highest BCUT2D eigenvalue weighted by atomic mass is 79.9. The molecule has 0 aliphatic carbocycles. The van der Waals surface area contributed by atoms with Gasteiger partial charge in [0.05, 0.1) is 18.4 Å².